The van der Waals surface area contributed by atoms with Crippen LogP contribution in [0.5, 0.6) is 0 Å². The van der Waals surface area contributed by atoms with Gasteiger partial charge in [-0.05, 0) is 50.0 Å². The molecule has 240 valence electrons. The van der Waals surface area contributed by atoms with Gasteiger partial charge in [0.1, 0.15) is 0 Å². The molecule has 0 nitrogen and oxygen atoms in total. The van der Waals surface area contributed by atoms with Crippen molar-refractivity contribution >= 4 is 83.7 Å². The van der Waals surface area contributed by atoms with E-state index in [4.69, 9.17) is 0 Å². The van der Waals surface area contributed by atoms with E-state index >= 15 is 0 Å². The quantitative estimate of drug-likeness (QED) is 0.265. The van der Waals surface area contributed by atoms with E-state index in [1.807, 2.05) is 6.66 Å². The topological polar surface area (TPSA) is 0 Å². The largest absolute Gasteiger partial charge is 0.124 e. The molecule has 5 atom stereocenters. The van der Waals surface area contributed by atoms with Crippen LogP contribution < -0.4 is 0 Å². The van der Waals surface area contributed by atoms with Crippen molar-refractivity contribution in [2.24, 2.45) is 0 Å². The second-order valence-corrected chi connectivity index (χ2v) is 20.3. The van der Waals surface area contributed by atoms with Crippen molar-refractivity contribution in [2.45, 2.75) is 21.3 Å². The normalized spacial score (nSPS) is 7.31. The van der Waals surface area contributed by atoms with Crippen LogP contribution in [0.3, 0.4) is 0 Å². The maximum atomic E-state index is 4.24. The van der Waals surface area contributed by atoms with Gasteiger partial charge >= 0.3 is 0 Å². The van der Waals surface area contributed by atoms with Crippen molar-refractivity contribution in [3.05, 3.63) is 0 Å². The first kappa shape index (κ1) is 215. The molecule has 0 aromatic heterocycles. The third kappa shape index (κ3) is 229. The van der Waals surface area contributed by atoms with Gasteiger partial charge in [0.2, 0.25) is 0 Å². The average Bonchev–Trinajstić information content (AvgIpc) is 2.38. The zero-order chi connectivity index (χ0) is 18.1. The Morgan fingerprint density at radius 3 is 0.569 bits per heavy atom. The van der Waals surface area contributed by atoms with E-state index in [9.17, 15) is 0 Å². The molecule has 0 rings (SSSR count). The van der Waals surface area contributed by atoms with Gasteiger partial charge in [0.25, 0.3) is 0 Å². The molecule has 0 fully saturated rings. The molecule has 0 spiro atoms. The molecule has 0 aliphatic rings. The molecule has 0 heterocycles. The molecule has 0 amide bonds. The van der Waals surface area contributed by atoms with E-state index in [-0.39, 0.29) is 914 Å². The fourth-order valence-corrected chi connectivity index (χ4v) is 14.8. The Kier molecular flexibility index (Phi) is 809. The summed E-state index contributed by atoms with van der Waals surface area (Å²) >= 11 is 0. The minimum absolute atomic E-state index is 0. The Balaban J connectivity index is -0.00000000288. The number of hydrogen-bond donors (Lipinski definition) is 0. The van der Waals surface area contributed by atoms with Crippen LogP contribution in [-0.2, 0) is 869 Å². The van der Waals surface area contributed by atoms with Gasteiger partial charge in [-0.25, -0.2) is 0 Å². The van der Waals surface area contributed by atoms with E-state index in [0.717, 1.165) is 0 Å². The molecule has 51 heavy (non-hydrogen) atoms. The Labute approximate surface area is 989 Å². The predicted molar refractivity (Wildman–Crippen MR) is 151 cm³/mol. The molecule has 0 aromatic carbocycles. The summed E-state index contributed by atoms with van der Waals surface area (Å²) in [5.41, 5.74) is 0. The van der Waals surface area contributed by atoms with Gasteiger partial charge in [-0.3, -0.25) is 0 Å². The maximum Gasteiger partial charge on any atom is 0 e. The fraction of sp³-hybridized carbons (Fsp3) is 0.647. The molecule has 0 aliphatic heterocycles. The summed E-state index contributed by atoms with van der Waals surface area (Å²) in [6.45, 7) is 11.0. The molecule has 5 unspecified atom stereocenters. The molecule has 34 heteroatoms. The summed E-state index contributed by atoms with van der Waals surface area (Å²) < 4.78 is 0. The summed E-state index contributed by atoms with van der Waals surface area (Å²) in [5, 5.41) is 0. The first-order valence-corrected chi connectivity index (χ1v) is 20.5. The smallest absolute Gasteiger partial charge is 0 e. The van der Waals surface area contributed by atoms with Gasteiger partial charge in [-0.2, -0.15) is 0 Å². The van der Waals surface area contributed by atoms with Crippen molar-refractivity contribution in [2.75, 3.05) is 50.0 Å². The molecule has 0 N–H and O–H groups in total. The SMILES string of the molecule is C.C=PC.C=[PH](C)C[PH](=C)CC.C=[PH](C)C[PH](=C)C[PH](=C)CC.[W].[W].[W].[W].[Y].[Y].[Y].[Y].[Y].[Y].[Y].[Y].[Y].[Y].[Y].[Y].[Y].[Y].[Y].[Y].[Y].[Y].[Y].[Y].[Y].[Y].[Y].[Y]. The van der Waals surface area contributed by atoms with Gasteiger partial charge in [-0.1, -0.05) is 27.6 Å². The van der Waals surface area contributed by atoms with Gasteiger partial charge in [0.15, 0.2) is 0 Å². The minimum atomic E-state index is -0.285. The minimum Gasteiger partial charge on any atom is -0.124 e. The molecule has 24 radical (unpaired) electrons. The second kappa shape index (κ2) is 192. The van der Waals surface area contributed by atoms with Crippen molar-refractivity contribution in [3.63, 3.8) is 0 Å². The first-order chi connectivity index (χ1) is 10.1. The number of hydrogen-bond acceptors (Lipinski definition) is 0. The zero-order valence-electron chi connectivity index (χ0n) is 31.2. The molecule has 0 bridgehead atoms. The van der Waals surface area contributed by atoms with Crippen molar-refractivity contribution in [3.8, 4) is 0 Å². The van der Waals surface area contributed by atoms with Crippen LogP contribution in [0, 0.1) is 0 Å². The van der Waals surface area contributed by atoms with Crippen LogP contribution in [0.15, 0.2) is 0 Å². The summed E-state index contributed by atoms with van der Waals surface area (Å²) in [7, 11) is -0.0446. The van der Waals surface area contributed by atoms with Gasteiger partial charge < -0.3 is 0 Å². The molecular weight excluding hydrogens is 3260 g/mol. The van der Waals surface area contributed by atoms with E-state index in [1.165, 1.54) is 38.2 Å². The zero-order valence-corrected chi connectivity index (χ0v) is 117. The third-order valence-electron chi connectivity index (χ3n) is 2.60. The monoisotopic (exact) mass is 3310 g/mol. The molecule has 0 saturated carbocycles. The Morgan fingerprint density at radius 1 is 0.353 bits per heavy atom. The van der Waals surface area contributed by atoms with E-state index in [1.54, 1.807) is 0 Å². The van der Waals surface area contributed by atoms with E-state index in [2.05, 4.69) is 65.0 Å². The van der Waals surface area contributed by atoms with Gasteiger partial charge in [0, 0.05) is 869 Å². The summed E-state index contributed by atoms with van der Waals surface area (Å²) in [5.74, 6) is 4.11. The van der Waals surface area contributed by atoms with Crippen LogP contribution in [-0.4, -0.2) is 87.8 Å². The predicted octanol–water partition coefficient (Wildman–Crippen LogP) is 5.94. The molecule has 0 aliphatic carbocycles. The van der Waals surface area contributed by atoms with Crippen molar-refractivity contribution in [1.29, 1.82) is 0 Å². The third-order valence-corrected chi connectivity index (χ3v) is 17.4. The standard InChI is InChI=1S/C8H21P3.C6H16P2.C2H5P.CH4.4W.24Y/c1-6-10(4)8-11(5)7-9(2)3;1-5-8(4)6-7(2)3;1-3-2;;;;;;;;;;;;;;;;;;;;;;;;;;;;;/h9-11H,2,4-8H2,1,3H3;7-8H,2,4-6H2,1,3H3;1H2,2H3;1H4;;;;;;;;;;;;;;;;;;;;;;;;;;;;. The Morgan fingerprint density at radius 2 is 0.471 bits per heavy atom. The van der Waals surface area contributed by atoms with E-state index in [0.29, 0.717) is 0 Å². The Bertz CT molecular complexity index is 463. The van der Waals surface area contributed by atoms with Crippen molar-refractivity contribution in [1.82, 2.24) is 0 Å². The molecule has 0 saturated heterocycles. The maximum absolute atomic E-state index is 4.24. The van der Waals surface area contributed by atoms with Crippen LogP contribution in [0.25, 0.3) is 0 Å². The number of rotatable bonds is 8. The van der Waals surface area contributed by atoms with Crippen LogP contribution in [0.2, 0.25) is 0 Å². The first-order valence-electron chi connectivity index (χ1n) is 7.77. The van der Waals surface area contributed by atoms with Gasteiger partial charge in [0.05, 0.1) is 0 Å². The fourth-order valence-electron chi connectivity index (χ4n) is 1.52. The van der Waals surface area contributed by atoms with Crippen molar-refractivity contribution < 1.29 is 869 Å². The van der Waals surface area contributed by atoms with Crippen LogP contribution in [0.1, 0.15) is 21.3 Å². The van der Waals surface area contributed by atoms with Crippen LogP contribution >= 0.6 is 45.9 Å². The summed E-state index contributed by atoms with van der Waals surface area (Å²) in [6.07, 6.45) is 26.7. The Hall–Kier alpha value is 30.9. The van der Waals surface area contributed by atoms with Crippen LogP contribution in [0.4, 0.5) is 0 Å². The van der Waals surface area contributed by atoms with E-state index < -0.39 is 0 Å². The second-order valence-electron chi connectivity index (χ2n) is 5.72. The summed E-state index contributed by atoms with van der Waals surface area (Å²) in [6, 6.07) is 0. The van der Waals surface area contributed by atoms with Gasteiger partial charge in [-0.15, -0.1) is 77.4 Å². The molecular formula is C17H46P6W4Y24. The summed E-state index contributed by atoms with van der Waals surface area (Å²) in [4.78, 5) is 0. The molecule has 0 aromatic rings. The average molecular weight is 3310 g/mol.